The average Bonchev–Trinajstić information content (AvgIpc) is 2.43. The number of halogens is 2. The summed E-state index contributed by atoms with van der Waals surface area (Å²) >= 11 is 9.40. The van der Waals surface area contributed by atoms with Gasteiger partial charge in [0.2, 0.25) is 0 Å². The fourth-order valence-corrected chi connectivity index (χ4v) is 2.36. The molecule has 0 aromatic heterocycles. The topological polar surface area (TPSA) is 38.0 Å². The average molecular weight is 340 g/mol. The summed E-state index contributed by atoms with van der Waals surface area (Å²) in [7, 11) is 0. The standard InChI is InChI=1S/C15H16BrClN2/c16-13-5-1-11(2-6-13)15(19-10-9-18)12-3-7-14(17)8-4-12/h1-8,15,19H,9-10,18H2/t15-/m0/s1. The molecule has 0 unspecified atom stereocenters. The van der Waals surface area contributed by atoms with Crippen molar-refractivity contribution >= 4 is 27.5 Å². The molecule has 2 aromatic rings. The Morgan fingerprint density at radius 2 is 1.53 bits per heavy atom. The molecule has 19 heavy (non-hydrogen) atoms. The zero-order chi connectivity index (χ0) is 13.7. The second kappa shape index (κ2) is 7.06. The Hall–Kier alpha value is -0.870. The molecular weight excluding hydrogens is 324 g/mol. The van der Waals surface area contributed by atoms with Gasteiger partial charge in [-0.3, -0.25) is 0 Å². The minimum Gasteiger partial charge on any atom is -0.329 e. The summed E-state index contributed by atoms with van der Waals surface area (Å²) in [6, 6.07) is 16.3. The number of nitrogens with two attached hydrogens (primary N) is 1. The van der Waals surface area contributed by atoms with Gasteiger partial charge >= 0.3 is 0 Å². The van der Waals surface area contributed by atoms with Crippen LogP contribution in [-0.2, 0) is 0 Å². The summed E-state index contributed by atoms with van der Waals surface area (Å²) in [5, 5.41) is 4.20. The Morgan fingerprint density at radius 3 is 2.05 bits per heavy atom. The molecular formula is C15H16BrClN2. The van der Waals surface area contributed by atoms with E-state index in [1.54, 1.807) is 0 Å². The van der Waals surface area contributed by atoms with Crippen molar-refractivity contribution in [3.63, 3.8) is 0 Å². The van der Waals surface area contributed by atoms with Crippen LogP contribution in [0.5, 0.6) is 0 Å². The first-order valence-electron chi connectivity index (χ1n) is 6.15. The third-order valence-electron chi connectivity index (χ3n) is 2.90. The van der Waals surface area contributed by atoms with Crippen molar-refractivity contribution in [3.05, 3.63) is 69.2 Å². The molecule has 0 saturated carbocycles. The van der Waals surface area contributed by atoms with E-state index in [4.69, 9.17) is 17.3 Å². The number of rotatable bonds is 5. The molecule has 0 aliphatic heterocycles. The number of hydrogen-bond acceptors (Lipinski definition) is 2. The molecule has 0 aliphatic carbocycles. The summed E-state index contributed by atoms with van der Waals surface area (Å²) in [6.45, 7) is 1.38. The normalized spacial score (nSPS) is 12.4. The van der Waals surface area contributed by atoms with E-state index in [-0.39, 0.29) is 6.04 Å². The maximum Gasteiger partial charge on any atom is 0.0577 e. The quantitative estimate of drug-likeness (QED) is 0.871. The van der Waals surface area contributed by atoms with Crippen LogP contribution in [0.1, 0.15) is 17.2 Å². The Kier molecular flexibility index (Phi) is 5.40. The fraction of sp³-hybridized carbons (Fsp3) is 0.200. The third-order valence-corrected chi connectivity index (χ3v) is 3.68. The Labute approximate surface area is 127 Å². The van der Waals surface area contributed by atoms with Crippen molar-refractivity contribution in [1.29, 1.82) is 0 Å². The van der Waals surface area contributed by atoms with Crippen molar-refractivity contribution in [2.45, 2.75) is 6.04 Å². The highest BCUT2D eigenvalue weighted by atomic mass is 79.9. The first kappa shape index (κ1) is 14.5. The van der Waals surface area contributed by atoms with E-state index >= 15 is 0 Å². The van der Waals surface area contributed by atoms with Crippen LogP contribution in [0.3, 0.4) is 0 Å². The number of hydrogen-bond donors (Lipinski definition) is 2. The van der Waals surface area contributed by atoms with Crippen LogP contribution in [0, 0.1) is 0 Å². The molecule has 0 amide bonds. The maximum absolute atomic E-state index is 5.94. The molecule has 0 heterocycles. The molecule has 2 nitrogen and oxygen atoms in total. The van der Waals surface area contributed by atoms with Gasteiger partial charge in [-0.05, 0) is 35.4 Å². The van der Waals surface area contributed by atoms with Crippen molar-refractivity contribution in [2.75, 3.05) is 13.1 Å². The lowest BCUT2D eigenvalue weighted by Crippen LogP contribution is -2.28. The van der Waals surface area contributed by atoms with Gasteiger partial charge in [0.05, 0.1) is 6.04 Å². The SMILES string of the molecule is NCCN[C@H](c1ccc(Cl)cc1)c1ccc(Br)cc1. The number of nitrogens with one attached hydrogen (secondary N) is 1. The predicted molar refractivity (Wildman–Crippen MR) is 84.5 cm³/mol. The second-order valence-electron chi connectivity index (χ2n) is 4.28. The van der Waals surface area contributed by atoms with Crippen LogP contribution in [0.15, 0.2) is 53.0 Å². The molecule has 0 saturated heterocycles. The van der Waals surface area contributed by atoms with Crippen LogP contribution in [0.25, 0.3) is 0 Å². The number of benzene rings is 2. The van der Waals surface area contributed by atoms with Crippen LogP contribution in [-0.4, -0.2) is 13.1 Å². The highest BCUT2D eigenvalue weighted by Gasteiger charge is 2.12. The first-order valence-corrected chi connectivity index (χ1v) is 7.32. The van der Waals surface area contributed by atoms with E-state index < -0.39 is 0 Å². The van der Waals surface area contributed by atoms with E-state index in [0.717, 1.165) is 16.0 Å². The van der Waals surface area contributed by atoms with Gasteiger partial charge in [-0.2, -0.15) is 0 Å². The molecule has 0 spiro atoms. The van der Waals surface area contributed by atoms with Gasteiger partial charge < -0.3 is 11.1 Å². The van der Waals surface area contributed by atoms with Crippen molar-refractivity contribution in [1.82, 2.24) is 5.32 Å². The molecule has 1 atom stereocenters. The summed E-state index contributed by atoms with van der Waals surface area (Å²) in [5.41, 5.74) is 7.98. The molecule has 100 valence electrons. The van der Waals surface area contributed by atoms with Crippen LogP contribution in [0.4, 0.5) is 0 Å². The van der Waals surface area contributed by atoms with Gasteiger partial charge in [0.25, 0.3) is 0 Å². The lowest BCUT2D eigenvalue weighted by Gasteiger charge is -2.19. The molecule has 4 heteroatoms. The highest BCUT2D eigenvalue weighted by Crippen LogP contribution is 2.24. The maximum atomic E-state index is 5.94. The summed E-state index contributed by atoms with van der Waals surface area (Å²) in [5.74, 6) is 0. The molecule has 2 rings (SSSR count). The van der Waals surface area contributed by atoms with Crippen LogP contribution >= 0.6 is 27.5 Å². The lowest BCUT2D eigenvalue weighted by molar-refractivity contribution is 0.612. The Balaban J connectivity index is 2.29. The summed E-state index contributed by atoms with van der Waals surface area (Å²) in [4.78, 5) is 0. The van der Waals surface area contributed by atoms with E-state index in [1.165, 1.54) is 11.1 Å². The van der Waals surface area contributed by atoms with Gasteiger partial charge in [0.1, 0.15) is 0 Å². The van der Waals surface area contributed by atoms with Gasteiger partial charge in [0, 0.05) is 22.6 Å². The highest BCUT2D eigenvalue weighted by molar-refractivity contribution is 9.10. The van der Waals surface area contributed by atoms with E-state index in [2.05, 4.69) is 33.4 Å². The fourth-order valence-electron chi connectivity index (χ4n) is 1.97. The van der Waals surface area contributed by atoms with E-state index in [0.29, 0.717) is 6.54 Å². The minimum absolute atomic E-state index is 0.133. The monoisotopic (exact) mass is 338 g/mol. The Bertz CT molecular complexity index is 465. The molecule has 0 bridgehead atoms. The molecule has 3 N–H and O–H groups in total. The van der Waals surface area contributed by atoms with Gasteiger partial charge in [0.15, 0.2) is 0 Å². The zero-order valence-corrected chi connectivity index (χ0v) is 12.8. The van der Waals surface area contributed by atoms with Crippen molar-refractivity contribution < 1.29 is 0 Å². The minimum atomic E-state index is 0.133. The third kappa shape index (κ3) is 4.05. The summed E-state index contributed by atoms with van der Waals surface area (Å²) in [6.07, 6.45) is 0. The smallest absolute Gasteiger partial charge is 0.0577 e. The van der Waals surface area contributed by atoms with E-state index in [1.807, 2.05) is 36.4 Å². The van der Waals surface area contributed by atoms with Gasteiger partial charge in [-0.1, -0.05) is 51.8 Å². The first-order chi connectivity index (χ1) is 9.20. The zero-order valence-electron chi connectivity index (χ0n) is 10.4. The van der Waals surface area contributed by atoms with Gasteiger partial charge in [-0.15, -0.1) is 0 Å². The van der Waals surface area contributed by atoms with E-state index in [9.17, 15) is 0 Å². The molecule has 0 fully saturated rings. The Morgan fingerprint density at radius 1 is 1.00 bits per heavy atom. The predicted octanol–water partition coefficient (Wildman–Crippen LogP) is 3.74. The van der Waals surface area contributed by atoms with Crippen LogP contribution < -0.4 is 11.1 Å². The molecule has 0 radical (unpaired) electrons. The molecule has 0 aliphatic rings. The lowest BCUT2D eigenvalue weighted by atomic mass is 9.99. The summed E-state index contributed by atoms with van der Waals surface area (Å²) < 4.78 is 1.07. The van der Waals surface area contributed by atoms with Crippen molar-refractivity contribution in [3.8, 4) is 0 Å². The van der Waals surface area contributed by atoms with Gasteiger partial charge in [-0.25, -0.2) is 0 Å². The largest absolute Gasteiger partial charge is 0.329 e. The van der Waals surface area contributed by atoms with Crippen molar-refractivity contribution in [2.24, 2.45) is 5.73 Å². The van der Waals surface area contributed by atoms with Crippen LogP contribution in [0.2, 0.25) is 5.02 Å². The second-order valence-corrected chi connectivity index (χ2v) is 5.63. The molecule has 2 aromatic carbocycles.